The lowest BCUT2D eigenvalue weighted by atomic mass is 10.0. The second kappa shape index (κ2) is 7.75. The Morgan fingerprint density at radius 2 is 1.71 bits per heavy atom. The van der Waals surface area contributed by atoms with Crippen molar-refractivity contribution in [2.45, 2.75) is 6.42 Å². The Labute approximate surface area is 162 Å². The van der Waals surface area contributed by atoms with Crippen LogP contribution in [0.25, 0.3) is 11.4 Å². The molecule has 0 bridgehead atoms. The largest absolute Gasteiger partial charge is 0.367 e. The van der Waals surface area contributed by atoms with Crippen LogP contribution in [0.15, 0.2) is 83.5 Å². The Hall–Kier alpha value is -3.93. The van der Waals surface area contributed by atoms with E-state index in [2.05, 4.69) is 27.6 Å². The highest BCUT2D eigenvalue weighted by molar-refractivity contribution is 6.11. The summed E-state index contributed by atoms with van der Waals surface area (Å²) in [4.78, 5) is 17.2. The highest BCUT2D eigenvalue weighted by atomic mass is 16.5. The number of anilines is 2. The molecule has 0 aliphatic carbocycles. The molecular formula is C22H18N4O2. The van der Waals surface area contributed by atoms with Gasteiger partial charge in [0.25, 0.3) is 5.91 Å². The molecule has 0 unspecified atom stereocenters. The van der Waals surface area contributed by atoms with Gasteiger partial charge in [-0.25, -0.2) is 0 Å². The van der Waals surface area contributed by atoms with E-state index in [-0.39, 0.29) is 17.4 Å². The van der Waals surface area contributed by atoms with Gasteiger partial charge in [-0.1, -0.05) is 59.8 Å². The summed E-state index contributed by atoms with van der Waals surface area (Å²) in [7, 11) is 0. The number of nitrogens with one attached hydrogen (secondary N) is 1. The van der Waals surface area contributed by atoms with Crippen molar-refractivity contribution in [2.24, 2.45) is 0 Å². The fourth-order valence-electron chi connectivity index (χ4n) is 3.00. The van der Waals surface area contributed by atoms with E-state index < -0.39 is 0 Å². The van der Waals surface area contributed by atoms with Crippen molar-refractivity contribution < 1.29 is 9.32 Å². The molecular weight excluding hydrogens is 352 g/mol. The van der Waals surface area contributed by atoms with Crippen molar-refractivity contribution >= 4 is 17.5 Å². The van der Waals surface area contributed by atoms with Gasteiger partial charge in [-0.15, -0.1) is 0 Å². The van der Waals surface area contributed by atoms with Crippen molar-refractivity contribution in [3.8, 4) is 11.4 Å². The third kappa shape index (κ3) is 3.61. The van der Waals surface area contributed by atoms with Crippen molar-refractivity contribution in [2.75, 3.05) is 11.1 Å². The minimum absolute atomic E-state index is 0.0429. The van der Waals surface area contributed by atoms with Crippen LogP contribution in [0.1, 0.15) is 21.5 Å². The minimum Gasteiger partial charge on any atom is -0.367 e. The summed E-state index contributed by atoms with van der Waals surface area (Å²) in [5.41, 5.74) is 9.75. The summed E-state index contributed by atoms with van der Waals surface area (Å²) in [6.45, 7) is 0. The number of hydrogen-bond donors (Lipinski definition) is 2. The number of hydrogen-bond acceptors (Lipinski definition) is 5. The maximum atomic E-state index is 13.0. The summed E-state index contributed by atoms with van der Waals surface area (Å²) in [6, 6.07) is 23.1. The molecule has 4 aromatic rings. The van der Waals surface area contributed by atoms with Crippen molar-refractivity contribution in [1.29, 1.82) is 0 Å². The van der Waals surface area contributed by atoms with Gasteiger partial charge in [-0.3, -0.25) is 9.78 Å². The summed E-state index contributed by atoms with van der Waals surface area (Å²) in [6.07, 6.45) is 2.32. The van der Waals surface area contributed by atoms with Gasteiger partial charge in [-0.2, -0.15) is 0 Å². The van der Waals surface area contributed by atoms with E-state index in [0.29, 0.717) is 23.5 Å². The van der Waals surface area contributed by atoms with Crippen LogP contribution in [0.4, 0.5) is 11.6 Å². The number of nitrogens with two attached hydrogens (primary N) is 1. The average molecular weight is 370 g/mol. The first-order valence-corrected chi connectivity index (χ1v) is 8.82. The lowest BCUT2D eigenvalue weighted by Crippen LogP contribution is -2.15. The summed E-state index contributed by atoms with van der Waals surface area (Å²) in [5, 5.41) is 6.85. The molecule has 6 nitrogen and oxygen atoms in total. The SMILES string of the molecule is Nc1onc(-c2ccccn2)c1C(=O)Nc1ccccc1Cc1ccccc1. The molecule has 138 valence electrons. The molecule has 0 spiro atoms. The first kappa shape index (κ1) is 17.5. The maximum Gasteiger partial charge on any atom is 0.263 e. The number of amides is 1. The Bertz CT molecular complexity index is 1090. The molecule has 0 aliphatic heterocycles. The van der Waals surface area contributed by atoms with E-state index in [9.17, 15) is 4.79 Å². The predicted octanol–water partition coefficient (Wildman–Crippen LogP) is 4.16. The molecule has 6 heteroatoms. The van der Waals surface area contributed by atoms with Gasteiger partial charge in [0.05, 0.1) is 5.69 Å². The van der Waals surface area contributed by atoms with E-state index in [4.69, 9.17) is 10.3 Å². The van der Waals surface area contributed by atoms with Crippen LogP contribution >= 0.6 is 0 Å². The molecule has 2 aromatic heterocycles. The van der Waals surface area contributed by atoms with Crippen molar-refractivity contribution in [3.63, 3.8) is 0 Å². The van der Waals surface area contributed by atoms with Gasteiger partial charge in [-0.05, 0) is 35.7 Å². The van der Waals surface area contributed by atoms with Crippen molar-refractivity contribution in [3.05, 3.63) is 95.7 Å². The van der Waals surface area contributed by atoms with Crippen LogP contribution in [-0.2, 0) is 6.42 Å². The Kier molecular flexibility index (Phi) is 4.84. The van der Waals surface area contributed by atoms with Gasteiger partial charge >= 0.3 is 0 Å². The molecule has 1 amide bonds. The highest BCUT2D eigenvalue weighted by Crippen LogP contribution is 2.27. The lowest BCUT2D eigenvalue weighted by molar-refractivity contribution is 0.102. The average Bonchev–Trinajstić information content (AvgIpc) is 3.12. The van der Waals surface area contributed by atoms with Crippen LogP contribution in [-0.4, -0.2) is 16.0 Å². The number of benzene rings is 2. The molecule has 0 atom stereocenters. The van der Waals surface area contributed by atoms with Crippen LogP contribution in [0.5, 0.6) is 0 Å². The number of para-hydroxylation sites is 1. The fourth-order valence-corrected chi connectivity index (χ4v) is 3.00. The van der Waals surface area contributed by atoms with Crippen LogP contribution in [0.3, 0.4) is 0 Å². The van der Waals surface area contributed by atoms with E-state index in [1.165, 1.54) is 0 Å². The van der Waals surface area contributed by atoms with Crippen LogP contribution in [0.2, 0.25) is 0 Å². The molecule has 0 radical (unpaired) electrons. The summed E-state index contributed by atoms with van der Waals surface area (Å²) >= 11 is 0. The quantitative estimate of drug-likeness (QED) is 0.550. The van der Waals surface area contributed by atoms with E-state index in [0.717, 1.165) is 11.1 Å². The molecule has 28 heavy (non-hydrogen) atoms. The topological polar surface area (TPSA) is 94.0 Å². The number of nitrogen functional groups attached to an aromatic ring is 1. The standard InChI is InChI=1S/C22H18N4O2/c23-21-19(20(26-28-21)18-12-6-7-13-24-18)22(27)25-17-11-5-4-10-16(17)14-15-8-2-1-3-9-15/h1-13H,14,23H2,(H,25,27). The fraction of sp³-hybridized carbons (Fsp3) is 0.0455. The number of pyridine rings is 1. The molecule has 3 N–H and O–H groups in total. The van der Waals surface area contributed by atoms with E-state index in [1.54, 1.807) is 18.3 Å². The Balaban J connectivity index is 1.63. The van der Waals surface area contributed by atoms with Gasteiger partial charge in [0.15, 0.2) is 0 Å². The first-order valence-electron chi connectivity index (χ1n) is 8.82. The number of rotatable bonds is 5. The highest BCUT2D eigenvalue weighted by Gasteiger charge is 2.23. The van der Waals surface area contributed by atoms with E-state index >= 15 is 0 Å². The second-order valence-corrected chi connectivity index (χ2v) is 6.26. The lowest BCUT2D eigenvalue weighted by Gasteiger charge is -2.11. The van der Waals surface area contributed by atoms with Gasteiger partial charge in [0.1, 0.15) is 11.3 Å². The Morgan fingerprint density at radius 3 is 2.50 bits per heavy atom. The van der Waals surface area contributed by atoms with Gasteiger partial charge in [0, 0.05) is 11.9 Å². The minimum atomic E-state index is -0.389. The normalized spacial score (nSPS) is 10.6. The zero-order valence-electron chi connectivity index (χ0n) is 15.0. The molecule has 2 aromatic carbocycles. The third-order valence-electron chi connectivity index (χ3n) is 4.36. The van der Waals surface area contributed by atoms with E-state index in [1.807, 2.05) is 48.5 Å². The van der Waals surface area contributed by atoms with Crippen LogP contribution in [0, 0.1) is 0 Å². The van der Waals surface area contributed by atoms with Crippen molar-refractivity contribution in [1.82, 2.24) is 10.1 Å². The molecule has 2 heterocycles. The second-order valence-electron chi connectivity index (χ2n) is 6.26. The molecule has 0 saturated carbocycles. The third-order valence-corrected chi connectivity index (χ3v) is 4.36. The number of aromatic nitrogens is 2. The molecule has 4 rings (SSSR count). The monoisotopic (exact) mass is 370 g/mol. The molecule has 0 fully saturated rings. The molecule has 0 aliphatic rings. The zero-order valence-corrected chi connectivity index (χ0v) is 15.0. The van der Waals surface area contributed by atoms with Gasteiger partial charge in [0.2, 0.25) is 5.88 Å². The van der Waals surface area contributed by atoms with Gasteiger partial charge < -0.3 is 15.6 Å². The predicted molar refractivity (Wildman–Crippen MR) is 108 cm³/mol. The summed E-state index contributed by atoms with van der Waals surface area (Å²) < 4.78 is 5.06. The Morgan fingerprint density at radius 1 is 0.964 bits per heavy atom. The number of carbonyl (C=O) groups excluding carboxylic acids is 1. The summed E-state index contributed by atoms with van der Waals surface area (Å²) in [5.74, 6) is -0.432. The first-order chi connectivity index (χ1) is 13.7. The number of nitrogens with zero attached hydrogens (tertiary/aromatic N) is 2. The smallest absolute Gasteiger partial charge is 0.263 e. The van der Waals surface area contributed by atoms with Crippen LogP contribution < -0.4 is 11.1 Å². The maximum absolute atomic E-state index is 13.0. The molecule has 0 saturated heterocycles. The zero-order chi connectivity index (χ0) is 19.3. The number of carbonyl (C=O) groups is 1.